The minimum Gasteiger partial charge on any atom is -0.216 e. The van der Waals surface area contributed by atoms with Crippen LogP contribution >= 0.6 is 11.9 Å². The van der Waals surface area contributed by atoms with Crippen LogP contribution in [-0.2, 0) is 0 Å². The molecule has 0 N–H and O–H groups in total. The van der Waals surface area contributed by atoms with Crippen LogP contribution in [0.2, 0.25) is 0 Å². The molecule has 0 aliphatic rings. The summed E-state index contributed by atoms with van der Waals surface area (Å²) in [4.78, 5) is 1.16. The summed E-state index contributed by atoms with van der Waals surface area (Å²) < 4.78 is 4.50. The second kappa shape index (κ2) is 5.52. The summed E-state index contributed by atoms with van der Waals surface area (Å²) >= 11 is 1.51. The van der Waals surface area contributed by atoms with Gasteiger partial charge >= 0.3 is 0 Å². The molecule has 0 saturated carbocycles. The highest BCUT2D eigenvalue weighted by molar-refractivity contribution is 7.98. The van der Waals surface area contributed by atoms with E-state index in [1.807, 2.05) is 43.3 Å². The molecule has 0 amide bonds. The Bertz CT molecular complexity index is 463. The van der Waals surface area contributed by atoms with Crippen molar-refractivity contribution in [3.63, 3.8) is 0 Å². The molecule has 0 heterocycles. The zero-order chi connectivity index (χ0) is 11.2. The van der Waals surface area contributed by atoms with E-state index in [4.69, 9.17) is 0 Å². The first-order chi connectivity index (χ1) is 7.86. The SMILES string of the molecule is C/C(=N/Sc1ccccc1)c1ccccc1. The molecule has 0 saturated heterocycles. The smallest absolute Gasteiger partial charge is 0.0532 e. The van der Waals surface area contributed by atoms with Gasteiger partial charge in [0.25, 0.3) is 0 Å². The standard InChI is InChI=1S/C14H13NS/c1-12(13-8-4-2-5-9-13)15-16-14-10-6-3-7-11-14/h2-11H,1H3/b15-12-. The lowest BCUT2D eigenvalue weighted by Crippen LogP contribution is -1.91. The number of rotatable bonds is 3. The van der Waals surface area contributed by atoms with Crippen LogP contribution in [0.4, 0.5) is 0 Å². The molecule has 2 aromatic carbocycles. The van der Waals surface area contributed by atoms with E-state index in [2.05, 4.69) is 28.7 Å². The van der Waals surface area contributed by atoms with Crippen molar-refractivity contribution in [2.75, 3.05) is 0 Å². The molecule has 0 radical (unpaired) electrons. The highest BCUT2D eigenvalue weighted by atomic mass is 32.2. The van der Waals surface area contributed by atoms with Crippen molar-refractivity contribution in [3.05, 3.63) is 66.2 Å². The molecule has 2 aromatic rings. The largest absolute Gasteiger partial charge is 0.216 e. The van der Waals surface area contributed by atoms with Crippen LogP contribution in [0.5, 0.6) is 0 Å². The van der Waals surface area contributed by atoms with Gasteiger partial charge in [-0.3, -0.25) is 0 Å². The van der Waals surface area contributed by atoms with Gasteiger partial charge in [-0.2, -0.15) is 0 Å². The first-order valence-corrected chi connectivity index (χ1v) is 5.96. The summed E-state index contributed by atoms with van der Waals surface area (Å²) in [6.07, 6.45) is 0. The minimum absolute atomic E-state index is 1.05. The molecule has 16 heavy (non-hydrogen) atoms. The fourth-order valence-electron chi connectivity index (χ4n) is 1.33. The Kier molecular flexibility index (Phi) is 3.78. The van der Waals surface area contributed by atoms with Gasteiger partial charge < -0.3 is 0 Å². The summed E-state index contributed by atoms with van der Waals surface area (Å²) in [7, 11) is 0. The van der Waals surface area contributed by atoms with Crippen LogP contribution in [-0.4, -0.2) is 5.71 Å². The molecule has 0 atom stereocenters. The molecule has 0 aliphatic carbocycles. The fourth-order valence-corrected chi connectivity index (χ4v) is 1.96. The Morgan fingerprint density at radius 1 is 0.875 bits per heavy atom. The lowest BCUT2D eigenvalue weighted by Gasteiger charge is -1.99. The summed E-state index contributed by atoms with van der Waals surface area (Å²) in [5.41, 5.74) is 2.22. The van der Waals surface area contributed by atoms with Gasteiger partial charge in [0.2, 0.25) is 0 Å². The van der Waals surface area contributed by atoms with Crippen LogP contribution < -0.4 is 0 Å². The van der Waals surface area contributed by atoms with Gasteiger partial charge in [0.15, 0.2) is 0 Å². The highest BCUT2D eigenvalue weighted by Gasteiger charge is 1.96. The topological polar surface area (TPSA) is 12.4 Å². The third-order valence-electron chi connectivity index (χ3n) is 2.22. The molecule has 2 rings (SSSR count). The van der Waals surface area contributed by atoms with Crippen molar-refractivity contribution >= 4 is 17.7 Å². The monoisotopic (exact) mass is 227 g/mol. The molecule has 0 aromatic heterocycles. The highest BCUT2D eigenvalue weighted by Crippen LogP contribution is 2.19. The molecule has 0 unspecified atom stereocenters. The predicted molar refractivity (Wildman–Crippen MR) is 71.0 cm³/mol. The van der Waals surface area contributed by atoms with E-state index in [1.54, 1.807) is 0 Å². The maximum atomic E-state index is 4.50. The molecule has 80 valence electrons. The summed E-state index contributed by atoms with van der Waals surface area (Å²) in [6.45, 7) is 2.03. The maximum Gasteiger partial charge on any atom is 0.0532 e. The molecule has 1 nitrogen and oxygen atoms in total. The van der Waals surface area contributed by atoms with Crippen molar-refractivity contribution in [1.29, 1.82) is 0 Å². The predicted octanol–water partition coefficient (Wildman–Crippen LogP) is 4.20. The second-order valence-corrected chi connectivity index (χ2v) is 4.28. The number of nitrogens with zero attached hydrogens (tertiary/aromatic N) is 1. The van der Waals surface area contributed by atoms with Crippen molar-refractivity contribution in [3.8, 4) is 0 Å². The first kappa shape index (κ1) is 11.0. The second-order valence-electron chi connectivity index (χ2n) is 3.45. The molecule has 0 spiro atoms. The first-order valence-electron chi connectivity index (χ1n) is 5.18. The van der Waals surface area contributed by atoms with Crippen molar-refractivity contribution < 1.29 is 0 Å². The van der Waals surface area contributed by atoms with Crippen LogP contribution in [0, 0.1) is 0 Å². The van der Waals surface area contributed by atoms with Crippen molar-refractivity contribution in [1.82, 2.24) is 0 Å². The Balaban J connectivity index is 2.09. The molecule has 2 heteroatoms. The fraction of sp³-hybridized carbons (Fsp3) is 0.0714. The van der Waals surface area contributed by atoms with E-state index in [0.29, 0.717) is 0 Å². The molecule has 0 aliphatic heterocycles. The Morgan fingerprint density at radius 3 is 2.06 bits per heavy atom. The van der Waals surface area contributed by atoms with Gasteiger partial charge in [-0.05, 0) is 24.6 Å². The number of hydrogen-bond donors (Lipinski definition) is 0. The zero-order valence-corrected chi connectivity index (χ0v) is 9.95. The number of hydrogen-bond acceptors (Lipinski definition) is 2. The lowest BCUT2D eigenvalue weighted by atomic mass is 10.1. The Morgan fingerprint density at radius 2 is 1.44 bits per heavy atom. The average molecular weight is 227 g/mol. The molecular formula is C14H13NS. The summed E-state index contributed by atoms with van der Waals surface area (Å²) in [6, 6.07) is 20.4. The van der Waals surface area contributed by atoms with Crippen molar-refractivity contribution in [2.24, 2.45) is 4.40 Å². The quantitative estimate of drug-likeness (QED) is 0.565. The number of benzene rings is 2. The summed E-state index contributed by atoms with van der Waals surface area (Å²) in [5, 5.41) is 0. The van der Waals surface area contributed by atoms with Crippen LogP contribution in [0.3, 0.4) is 0 Å². The van der Waals surface area contributed by atoms with Crippen LogP contribution in [0.1, 0.15) is 12.5 Å². The Labute approximate surface area is 100 Å². The average Bonchev–Trinajstić information content (AvgIpc) is 2.38. The van der Waals surface area contributed by atoms with E-state index in [1.165, 1.54) is 17.5 Å². The van der Waals surface area contributed by atoms with E-state index < -0.39 is 0 Å². The third kappa shape index (κ3) is 2.97. The van der Waals surface area contributed by atoms with Gasteiger partial charge in [0.1, 0.15) is 0 Å². The zero-order valence-electron chi connectivity index (χ0n) is 9.13. The molecular weight excluding hydrogens is 214 g/mol. The van der Waals surface area contributed by atoms with Crippen LogP contribution in [0.15, 0.2) is 70.0 Å². The van der Waals surface area contributed by atoms with E-state index in [0.717, 1.165) is 10.6 Å². The molecule has 0 fully saturated rings. The van der Waals surface area contributed by atoms with Gasteiger partial charge in [0, 0.05) is 16.8 Å². The maximum absolute atomic E-state index is 4.50. The lowest BCUT2D eigenvalue weighted by molar-refractivity contribution is 1.46. The summed E-state index contributed by atoms with van der Waals surface area (Å²) in [5.74, 6) is 0. The Hall–Kier alpha value is -1.54. The van der Waals surface area contributed by atoms with Gasteiger partial charge in [0.05, 0.1) is 5.71 Å². The van der Waals surface area contributed by atoms with Gasteiger partial charge in [-0.15, -0.1) is 0 Å². The van der Waals surface area contributed by atoms with Gasteiger partial charge in [-0.25, -0.2) is 4.40 Å². The van der Waals surface area contributed by atoms with E-state index in [-0.39, 0.29) is 0 Å². The van der Waals surface area contributed by atoms with Crippen LogP contribution in [0.25, 0.3) is 0 Å². The van der Waals surface area contributed by atoms with E-state index >= 15 is 0 Å². The van der Waals surface area contributed by atoms with E-state index in [9.17, 15) is 0 Å². The minimum atomic E-state index is 1.05. The third-order valence-corrected chi connectivity index (χ3v) is 3.07. The van der Waals surface area contributed by atoms with Gasteiger partial charge in [-0.1, -0.05) is 48.5 Å². The normalized spacial score (nSPS) is 11.4. The molecule has 0 bridgehead atoms. The van der Waals surface area contributed by atoms with Crippen molar-refractivity contribution in [2.45, 2.75) is 11.8 Å².